The number of carboxylic acids is 1. The molecular weight excluding hydrogens is 550 g/mol. The summed E-state index contributed by atoms with van der Waals surface area (Å²) in [6, 6.07) is 3.77. The fraction of sp³-hybridized carbons (Fsp3) is 0.375. The van der Waals surface area contributed by atoms with Crippen molar-refractivity contribution in [2.45, 2.75) is 24.4 Å². The third-order valence-electron chi connectivity index (χ3n) is 6.31. The van der Waals surface area contributed by atoms with Crippen LogP contribution in [0.4, 0.5) is 14.4 Å². The van der Waals surface area contributed by atoms with Crippen LogP contribution in [0.1, 0.15) is 18.5 Å². The smallest absolute Gasteiger partial charge is 0.417 e. The molecule has 4 rings (SSSR count). The van der Waals surface area contributed by atoms with Gasteiger partial charge in [0.05, 0.1) is 20.2 Å². The van der Waals surface area contributed by atoms with Gasteiger partial charge in [-0.1, -0.05) is 30.3 Å². The average Bonchev–Trinajstić information content (AvgIpc) is 3.33. The standard InChI is InChI=1S/C24H25N5O10S/c1-12(30)39-10-14-11-40-20-16(19(32)29(20)17(14)21(33)34)25-18(31)15(13-6-4-3-5-7-13)26-22(35)27-8-9-28(23(27)36)24(37)38-2/h3-7,15-16,20H,8-11H2,1-2H3,(H,25,31)(H,26,35)(H,33,34)/t15?,16?,20-/m0/s1. The fourth-order valence-corrected chi connectivity index (χ4v) is 5.70. The number of hydrogen-bond acceptors (Lipinski definition) is 10. The number of hydrogen-bond donors (Lipinski definition) is 3. The molecule has 212 valence electrons. The van der Waals surface area contributed by atoms with Crippen LogP contribution < -0.4 is 10.6 Å². The largest absolute Gasteiger partial charge is 0.477 e. The second kappa shape index (κ2) is 11.6. The highest BCUT2D eigenvalue weighted by Gasteiger charge is 2.54. The molecule has 2 fully saturated rings. The summed E-state index contributed by atoms with van der Waals surface area (Å²) >= 11 is 1.18. The first-order valence-electron chi connectivity index (χ1n) is 11.9. The van der Waals surface area contributed by atoms with Crippen molar-refractivity contribution in [2.75, 3.05) is 32.6 Å². The van der Waals surface area contributed by atoms with Crippen LogP contribution in [0.3, 0.4) is 0 Å². The first kappa shape index (κ1) is 28.4. The Kier molecular flexibility index (Phi) is 8.27. The number of esters is 1. The van der Waals surface area contributed by atoms with E-state index in [9.17, 15) is 38.7 Å². The van der Waals surface area contributed by atoms with Crippen LogP contribution >= 0.6 is 11.8 Å². The van der Waals surface area contributed by atoms with E-state index in [0.717, 1.165) is 21.8 Å². The number of carbonyl (C=O) groups is 7. The number of nitrogens with one attached hydrogen (secondary N) is 2. The van der Waals surface area contributed by atoms with Crippen molar-refractivity contribution in [1.82, 2.24) is 25.3 Å². The average molecular weight is 576 g/mol. The number of benzene rings is 1. The Balaban J connectivity index is 1.50. The van der Waals surface area contributed by atoms with Crippen LogP contribution in [0.15, 0.2) is 41.6 Å². The Bertz CT molecular complexity index is 1300. The number of thioether (sulfide) groups is 1. The first-order valence-corrected chi connectivity index (χ1v) is 13.0. The minimum absolute atomic E-state index is 0.0920. The summed E-state index contributed by atoms with van der Waals surface area (Å²) in [4.78, 5) is 89.3. The zero-order valence-electron chi connectivity index (χ0n) is 21.3. The van der Waals surface area contributed by atoms with Crippen LogP contribution in [0.25, 0.3) is 0 Å². The number of imide groups is 2. The van der Waals surface area contributed by atoms with E-state index in [1.54, 1.807) is 30.3 Å². The summed E-state index contributed by atoms with van der Waals surface area (Å²) in [5.41, 5.74) is 0.281. The predicted octanol–water partition coefficient (Wildman–Crippen LogP) is 0.243. The molecule has 2 saturated heterocycles. The van der Waals surface area contributed by atoms with Crippen LogP contribution in [0, 0.1) is 0 Å². The molecule has 3 atom stereocenters. The molecule has 7 amide bonds. The Morgan fingerprint density at radius 2 is 1.77 bits per heavy atom. The normalized spacial score (nSPS) is 20.8. The number of carboxylic acid groups (broad SMARTS) is 1. The number of ether oxygens (including phenoxy) is 2. The van der Waals surface area contributed by atoms with Crippen molar-refractivity contribution >= 4 is 53.7 Å². The Hall–Kier alpha value is -4.60. The van der Waals surface area contributed by atoms with Crippen molar-refractivity contribution < 1.29 is 48.1 Å². The highest BCUT2D eigenvalue weighted by Crippen LogP contribution is 2.40. The number of aliphatic carboxylic acids is 1. The van der Waals surface area contributed by atoms with E-state index in [1.165, 1.54) is 18.7 Å². The number of methoxy groups -OCH3 is 1. The number of carbonyl (C=O) groups excluding carboxylic acids is 6. The first-order chi connectivity index (χ1) is 19.0. The van der Waals surface area contributed by atoms with E-state index >= 15 is 0 Å². The van der Waals surface area contributed by atoms with E-state index in [2.05, 4.69) is 15.4 Å². The topological polar surface area (TPSA) is 192 Å². The van der Waals surface area contributed by atoms with Gasteiger partial charge in [-0.05, 0) is 5.56 Å². The number of nitrogens with zero attached hydrogens (tertiary/aromatic N) is 3. The lowest BCUT2D eigenvalue weighted by Gasteiger charge is -2.49. The molecule has 0 saturated carbocycles. The molecule has 2 unspecified atom stereocenters. The third kappa shape index (κ3) is 5.42. The second-order valence-electron chi connectivity index (χ2n) is 8.78. The van der Waals surface area contributed by atoms with Gasteiger partial charge in [0.2, 0.25) is 5.91 Å². The van der Waals surface area contributed by atoms with Crippen LogP contribution in [0.2, 0.25) is 0 Å². The molecule has 0 aliphatic carbocycles. The van der Waals surface area contributed by atoms with Gasteiger partial charge in [0.25, 0.3) is 5.91 Å². The summed E-state index contributed by atoms with van der Waals surface area (Å²) < 4.78 is 9.45. The SMILES string of the molecule is COC(=O)N1CCN(C(=O)NC(C(=O)NC2C(=O)N3C(C(=O)O)=C(COC(C)=O)CS[C@@H]23)c2ccccc2)C1=O. The molecule has 3 heterocycles. The third-order valence-corrected chi connectivity index (χ3v) is 7.65. The number of fused-ring (bicyclic) bond motifs is 1. The van der Waals surface area contributed by atoms with Crippen molar-refractivity contribution in [2.24, 2.45) is 0 Å². The van der Waals surface area contributed by atoms with E-state index in [-0.39, 0.29) is 36.7 Å². The highest BCUT2D eigenvalue weighted by atomic mass is 32.2. The van der Waals surface area contributed by atoms with Crippen LogP contribution in [-0.2, 0) is 28.7 Å². The van der Waals surface area contributed by atoms with Gasteiger partial charge in [0.15, 0.2) is 0 Å². The van der Waals surface area contributed by atoms with Gasteiger partial charge in [-0.3, -0.25) is 19.3 Å². The lowest BCUT2D eigenvalue weighted by Crippen LogP contribution is -2.71. The zero-order chi connectivity index (χ0) is 29.1. The summed E-state index contributed by atoms with van der Waals surface area (Å²) in [6.07, 6.45) is -0.929. The van der Waals surface area contributed by atoms with Gasteiger partial charge in [-0.25, -0.2) is 29.0 Å². The monoisotopic (exact) mass is 575 g/mol. The second-order valence-corrected chi connectivity index (χ2v) is 9.89. The van der Waals surface area contributed by atoms with Crippen LogP contribution in [0.5, 0.6) is 0 Å². The maximum atomic E-state index is 13.4. The number of urea groups is 2. The lowest BCUT2D eigenvalue weighted by atomic mass is 10.0. The van der Waals surface area contributed by atoms with E-state index < -0.39 is 59.4 Å². The molecule has 1 aromatic carbocycles. The summed E-state index contributed by atoms with van der Waals surface area (Å²) in [5, 5.41) is 14.0. The van der Waals surface area contributed by atoms with Gasteiger partial charge < -0.3 is 25.2 Å². The van der Waals surface area contributed by atoms with E-state index in [1.807, 2.05) is 0 Å². The number of rotatable bonds is 7. The summed E-state index contributed by atoms with van der Waals surface area (Å²) in [7, 11) is 1.09. The molecule has 0 spiro atoms. The molecule has 0 bridgehead atoms. The number of β-lactam (4-membered cyclic amide) rings is 1. The van der Waals surface area contributed by atoms with E-state index in [4.69, 9.17) is 4.74 Å². The van der Waals surface area contributed by atoms with Crippen molar-refractivity contribution in [3.8, 4) is 0 Å². The number of amides is 7. The molecule has 0 radical (unpaired) electrons. The van der Waals surface area contributed by atoms with E-state index in [0.29, 0.717) is 5.56 Å². The molecule has 3 aliphatic heterocycles. The van der Waals surface area contributed by atoms with Gasteiger partial charge in [0.1, 0.15) is 29.8 Å². The van der Waals surface area contributed by atoms with Crippen LogP contribution in [-0.4, -0.2) is 106 Å². The fourth-order valence-electron chi connectivity index (χ4n) is 4.37. The molecular formula is C24H25N5O10S. The maximum absolute atomic E-state index is 13.4. The van der Waals surface area contributed by atoms with Gasteiger partial charge in [-0.2, -0.15) is 0 Å². The van der Waals surface area contributed by atoms with Crippen molar-refractivity contribution in [1.29, 1.82) is 0 Å². The summed E-state index contributed by atoms with van der Waals surface area (Å²) in [6.45, 7) is 0.669. The van der Waals surface area contributed by atoms with Crippen molar-refractivity contribution in [3.63, 3.8) is 0 Å². The lowest BCUT2D eigenvalue weighted by molar-refractivity contribution is -0.151. The van der Waals surface area contributed by atoms with Gasteiger partial charge in [0, 0.05) is 18.2 Å². The minimum atomic E-state index is -1.38. The molecule has 40 heavy (non-hydrogen) atoms. The molecule has 15 nitrogen and oxygen atoms in total. The molecule has 16 heteroatoms. The molecule has 0 aromatic heterocycles. The zero-order valence-corrected chi connectivity index (χ0v) is 22.1. The highest BCUT2D eigenvalue weighted by molar-refractivity contribution is 8.00. The quantitative estimate of drug-likeness (QED) is 0.298. The Morgan fingerprint density at radius 1 is 1.10 bits per heavy atom. The summed E-state index contributed by atoms with van der Waals surface area (Å²) in [5.74, 6) is -3.31. The maximum Gasteiger partial charge on any atom is 0.417 e. The van der Waals surface area contributed by atoms with Crippen molar-refractivity contribution in [3.05, 3.63) is 47.2 Å². The molecule has 3 N–H and O–H groups in total. The van der Waals surface area contributed by atoms with Gasteiger partial charge >= 0.3 is 30.1 Å². The minimum Gasteiger partial charge on any atom is -0.477 e. The Morgan fingerprint density at radius 3 is 2.40 bits per heavy atom. The Labute approximate surface area is 231 Å². The molecule has 3 aliphatic rings. The predicted molar refractivity (Wildman–Crippen MR) is 135 cm³/mol. The molecule has 1 aromatic rings. The van der Waals surface area contributed by atoms with Gasteiger partial charge in [-0.15, -0.1) is 11.8 Å².